The van der Waals surface area contributed by atoms with Crippen LogP contribution in [-0.4, -0.2) is 17.3 Å². The minimum atomic E-state index is -0.534. The molecule has 0 aliphatic carbocycles. The SMILES string of the molecule is O=C(COc1cc([N+](=O)[O-])ccc1Br)c1ccco1. The molecule has 0 saturated heterocycles. The summed E-state index contributed by atoms with van der Waals surface area (Å²) in [6.45, 7) is -0.257. The average Bonchev–Trinajstić information content (AvgIpc) is 2.91. The van der Waals surface area contributed by atoms with Gasteiger partial charge < -0.3 is 9.15 Å². The number of Topliss-reactive ketones (excluding diaryl/α,β-unsaturated/α-hetero) is 1. The maximum absolute atomic E-state index is 11.6. The third-order valence-electron chi connectivity index (χ3n) is 2.28. The van der Waals surface area contributed by atoms with Crippen molar-refractivity contribution in [3.63, 3.8) is 0 Å². The Morgan fingerprint density at radius 1 is 1.42 bits per heavy atom. The molecule has 98 valence electrons. The molecule has 0 unspecified atom stereocenters. The monoisotopic (exact) mass is 325 g/mol. The van der Waals surface area contributed by atoms with Crippen molar-refractivity contribution in [1.82, 2.24) is 0 Å². The molecule has 1 heterocycles. The molecule has 0 radical (unpaired) electrons. The molecule has 2 rings (SSSR count). The molecule has 7 heteroatoms. The van der Waals surface area contributed by atoms with Crippen LogP contribution >= 0.6 is 15.9 Å². The standard InChI is InChI=1S/C12H8BrNO5/c13-9-4-3-8(14(16)17)6-12(9)19-7-10(15)11-2-1-5-18-11/h1-6H,7H2. The number of ether oxygens (including phenoxy) is 1. The van der Waals surface area contributed by atoms with E-state index in [0.717, 1.165) is 0 Å². The number of halogens is 1. The summed E-state index contributed by atoms with van der Waals surface area (Å²) in [4.78, 5) is 21.7. The van der Waals surface area contributed by atoms with Gasteiger partial charge in [0.15, 0.2) is 12.4 Å². The molecule has 6 nitrogen and oxygen atoms in total. The number of carbonyl (C=O) groups excluding carboxylic acids is 1. The third-order valence-corrected chi connectivity index (χ3v) is 2.94. The Labute approximate surface area is 116 Å². The molecule has 19 heavy (non-hydrogen) atoms. The lowest BCUT2D eigenvalue weighted by Gasteiger charge is -2.06. The van der Waals surface area contributed by atoms with Gasteiger partial charge in [-0.25, -0.2) is 0 Å². The van der Waals surface area contributed by atoms with Crippen LogP contribution in [0.5, 0.6) is 5.75 Å². The molecule has 2 aromatic rings. The topological polar surface area (TPSA) is 82.6 Å². The van der Waals surface area contributed by atoms with Gasteiger partial charge in [0.25, 0.3) is 5.69 Å². The number of nitro groups is 1. The van der Waals surface area contributed by atoms with E-state index in [4.69, 9.17) is 9.15 Å². The zero-order chi connectivity index (χ0) is 13.8. The molecule has 0 N–H and O–H groups in total. The van der Waals surface area contributed by atoms with E-state index < -0.39 is 4.92 Å². The fraction of sp³-hybridized carbons (Fsp3) is 0.0833. The van der Waals surface area contributed by atoms with Crippen LogP contribution in [0.4, 0.5) is 5.69 Å². The Balaban J connectivity index is 2.09. The highest BCUT2D eigenvalue weighted by molar-refractivity contribution is 9.10. The van der Waals surface area contributed by atoms with E-state index in [2.05, 4.69) is 15.9 Å². The molecule has 0 saturated carbocycles. The Hall–Kier alpha value is -2.15. The normalized spacial score (nSPS) is 10.2. The van der Waals surface area contributed by atoms with Crippen molar-refractivity contribution in [2.45, 2.75) is 0 Å². The zero-order valence-electron chi connectivity index (χ0n) is 9.54. The van der Waals surface area contributed by atoms with E-state index in [1.54, 1.807) is 6.07 Å². The van der Waals surface area contributed by atoms with E-state index in [1.165, 1.54) is 30.5 Å². The van der Waals surface area contributed by atoms with Gasteiger partial charge in [0.1, 0.15) is 5.75 Å². The lowest BCUT2D eigenvalue weighted by Crippen LogP contribution is -2.11. The third kappa shape index (κ3) is 3.19. The Bertz CT molecular complexity index is 609. The number of benzene rings is 1. The number of carbonyl (C=O) groups is 1. The van der Waals surface area contributed by atoms with Crippen molar-refractivity contribution in [2.24, 2.45) is 0 Å². The zero-order valence-corrected chi connectivity index (χ0v) is 11.1. The first-order valence-corrected chi connectivity index (χ1v) is 6.00. The lowest BCUT2D eigenvalue weighted by molar-refractivity contribution is -0.384. The van der Waals surface area contributed by atoms with Gasteiger partial charge in [-0.1, -0.05) is 0 Å². The summed E-state index contributed by atoms with van der Waals surface area (Å²) in [5.41, 5.74) is -0.108. The molecule has 0 amide bonds. The Kier molecular flexibility index (Phi) is 3.96. The highest BCUT2D eigenvalue weighted by Gasteiger charge is 2.14. The summed E-state index contributed by atoms with van der Waals surface area (Å²) in [6, 6.07) is 7.19. The fourth-order valence-corrected chi connectivity index (χ4v) is 1.73. The van der Waals surface area contributed by atoms with Crippen LogP contribution in [0.15, 0.2) is 45.5 Å². The number of rotatable bonds is 5. The van der Waals surface area contributed by atoms with E-state index >= 15 is 0 Å². The molecule has 1 aromatic heterocycles. The van der Waals surface area contributed by atoms with Crippen LogP contribution in [0.1, 0.15) is 10.6 Å². The summed E-state index contributed by atoms with van der Waals surface area (Å²) in [6.07, 6.45) is 1.39. The van der Waals surface area contributed by atoms with E-state index in [0.29, 0.717) is 4.47 Å². The number of furan rings is 1. The summed E-state index contributed by atoms with van der Waals surface area (Å²) in [7, 11) is 0. The first-order chi connectivity index (χ1) is 9.08. The lowest BCUT2D eigenvalue weighted by atomic mass is 10.3. The molecule has 0 atom stereocenters. The van der Waals surface area contributed by atoms with Gasteiger partial charge in [0.2, 0.25) is 5.78 Å². The Morgan fingerprint density at radius 3 is 2.84 bits per heavy atom. The van der Waals surface area contributed by atoms with Crippen LogP contribution in [0.2, 0.25) is 0 Å². The molecule has 0 spiro atoms. The summed E-state index contributed by atoms with van der Waals surface area (Å²) < 4.78 is 10.7. The average molecular weight is 326 g/mol. The summed E-state index contributed by atoms with van der Waals surface area (Å²) in [5.74, 6) is 0.0686. The summed E-state index contributed by atoms with van der Waals surface area (Å²) >= 11 is 3.20. The molecule has 0 aliphatic heterocycles. The number of non-ortho nitro benzene ring substituents is 1. The number of hydrogen-bond donors (Lipinski definition) is 0. The molecular weight excluding hydrogens is 318 g/mol. The molecule has 0 fully saturated rings. The van der Waals surface area contributed by atoms with Crippen LogP contribution in [0.3, 0.4) is 0 Å². The molecule has 0 bridgehead atoms. The van der Waals surface area contributed by atoms with E-state index in [1.807, 2.05) is 0 Å². The van der Waals surface area contributed by atoms with Crippen molar-refractivity contribution in [3.05, 3.63) is 56.9 Å². The second-order valence-electron chi connectivity index (χ2n) is 3.56. The maximum Gasteiger partial charge on any atom is 0.273 e. The second kappa shape index (κ2) is 5.66. The van der Waals surface area contributed by atoms with E-state index in [-0.39, 0.29) is 29.6 Å². The van der Waals surface area contributed by atoms with Crippen molar-refractivity contribution >= 4 is 27.4 Å². The van der Waals surface area contributed by atoms with E-state index in [9.17, 15) is 14.9 Å². The fourth-order valence-electron chi connectivity index (χ4n) is 1.37. The summed E-state index contributed by atoms with van der Waals surface area (Å²) in [5, 5.41) is 10.6. The van der Waals surface area contributed by atoms with Gasteiger partial charge in [0, 0.05) is 6.07 Å². The first kappa shape index (κ1) is 13.3. The van der Waals surface area contributed by atoms with Gasteiger partial charge in [-0.3, -0.25) is 14.9 Å². The molecule has 0 aliphatic rings. The highest BCUT2D eigenvalue weighted by Crippen LogP contribution is 2.29. The number of ketones is 1. The smallest absolute Gasteiger partial charge is 0.273 e. The van der Waals surface area contributed by atoms with Gasteiger partial charge in [0.05, 0.1) is 21.7 Å². The van der Waals surface area contributed by atoms with Gasteiger partial charge >= 0.3 is 0 Å². The van der Waals surface area contributed by atoms with Crippen molar-refractivity contribution in [3.8, 4) is 5.75 Å². The Morgan fingerprint density at radius 2 is 2.21 bits per heavy atom. The van der Waals surface area contributed by atoms with Crippen LogP contribution < -0.4 is 4.74 Å². The van der Waals surface area contributed by atoms with Gasteiger partial charge in [-0.2, -0.15) is 0 Å². The predicted molar refractivity (Wildman–Crippen MR) is 69.3 cm³/mol. The van der Waals surface area contributed by atoms with Crippen LogP contribution in [0, 0.1) is 10.1 Å². The first-order valence-electron chi connectivity index (χ1n) is 5.21. The van der Waals surface area contributed by atoms with Crippen molar-refractivity contribution in [1.29, 1.82) is 0 Å². The van der Waals surface area contributed by atoms with Gasteiger partial charge in [-0.05, 0) is 34.1 Å². The second-order valence-corrected chi connectivity index (χ2v) is 4.42. The number of nitro benzene ring substituents is 1. The number of hydrogen-bond acceptors (Lipinski definition) is 5. The van der Waals surface area contributed by atoms with Crippen LogP contribution in [0.25, 0.3) is 0 Å². The maximum atomic E-state index is 11.6. The quantitative estimate of drug-likeness (QED) is 0.479. The van der Waals surface area contributed by atoms with Crippen molar-refractivity contribution < 1.29 is 18.9 Å². The molecule has 1 aromatic carbocycles. The van der Waals surface area contributed by atoms with Crippen LogP contribution in [-0.2, 0) is 0 Å². The largest absolute Gasteiger partial charge is 0.484 e. The molecular formula is C12H8BrNO5. The van der Waals surface area contributed by atoms with Gasteiger partial charge in [-0.15, -0.1) is 0 Å². The minimum absolute atomic E-state index is 0.108. The minimum Gasteiger partial charge on any atom is -0.484 e. The van der Waals surface area contributed by atoms with Crippen molar-refractivity contribution in [2.75, 3.05) is 6.61 Å². The highest BCUT2D eigenvalue weighted by atomic mass is 79.9. The number of nitrogens with zero attached hydrogens (tertiary/aromatic N) is 1. The predicted octanol–water partition coefficient (Wildman–Crippen LogP) is 3.21.